The lowest BCUT2D eigenvalue weighted by Crippen LogP contribution is -1.77. The van der Waals surface area contributed by atoms with Gasteiger partial charge in [-0.1, -0.05) is 87.9 Å². The summed E-state index contributed by atoms with van der Waals surface area (Å²) in [7, 11) is 0. The predicted molar refractivity (Wildman–Crippen MR) is 79.3 cm³/mol. The van der Waals surface area contributed by atoms with Crippen molar-refractivity contribution in [3.05, 3.63) is 60.2 Å². The molecular formula is C17H24. The molecule has 0 radical (unpaired) electrons. The molecular weight excluding hydrogens is 204 g/mol. The number of rotatable bonds is 1. The van der Waals surface area contributed by atoms with Crippen LogP contribution in [0.25, 0.3) is 11.1 Å². The Morgan fingerprint density at radius 2 is 1.12 bits per heavy atom. The number of benzene rings is 2. The number of hydrogen-bond acceptors (Lipinski definition) is 0. The second-order valence-electron chi connectivity index (χ2n) is 3.24. The second-order valence-corrected chi connectivity index (χ2v) is 3.24. The van der Waals surface area contributed by atoms with Crippen molar-refractivity contribution in [1.82, 2.24) is 0 Å². The molecule has 0 aromatic heterocycles. The van der Waals surface area contributed by atoms with Gasteiger partial charge in [0.25, 0.3) is 0 Å². The van der Waals surface area contributed by atoms with Crippen LogP contribution in [0.1, 0.15) is 33.3 Å². The first-order valence-corrected chi connectivity index (χ1v) is 6.48. The lowest BCUT2D eigenvalue weighted by atomic mass is 10.0. The summed E-state index contributed by atoms with van der Waals surface area (Å²) in [6.45, 7) is 10.1. The fourth-order valence-corrected chi connectivity index (χ4v) is 1.46. The van der Waals surface area contributed by atoms with E-state index in [1.165, 1.54) is 16.7 Å². The zero-order valence-corrected chi connectivity index (χ0v) is 11.7. The molecule has 92 valence electrons. The fraction of sp³-hybridized carbons (Fsp3) is 0.294. The van der Waals surface area contributed by atoms with Gasteiger partial charge in [0.1, 0.15) is 0 Å². The molecule has 0 bridgehead atoms. The summed E-state index contributed by atoms with van der Waals surface area (Å²) < 4.78 is 0. The molecule has 0 fully saturated rings. The Labute approximate surface area is 106 Å². The molecule has 0 heterocycles. The highest BCUT2D eigenvalue weighted by Crippen LogP contribution is 2.19. The Morgan fingerprint density at radius 3 is 1.65 bits per heavy atom. The Bertz CT molecular complexity index is 388. The largest absolute Gasteiger partial charge is 0.0683 e. The highest BCUT2D eigenvalue weighted by molar-refractivity contribution is 5.63. The third kappa shape index (κ3) is 5.35. The molecule has 2 aromatic carbocycles. The van der Waals surface area contributed by atoms with Gasteiger partial charge in [-0.2, -0.15) is 0 Å². The van der Waals surface area contributed by atoms with Crippen LogP contribution in [0, 0.1) is 6.92 Å². The van der Waals surface area contributed by atoms with Crippen molar-refractivity contribution in [2.45, 2.75) is 34.6 Å². The van der Waals surface area contributed by atoms with Crippen molar-refractivity contribution in [2.24, 2.45) is 0 Å². The van der Waals surface area contributed by atoms with Crippen LogP contribution in [0.3, 0.4) is 0 Å². The molecule has 0 spiro atoms. The van der Waals surface area contributed by atoms with E-state index in [0.717, 1.165) is 0 Å². The van der Waals surface area contributed by atoms with E-state index >= 15 is 0 Å². The van der Waals surface area contributed by atoms with E-state index in [0.29, 0.717) is 0 Å². The Morgan fingerprint density at radius 1 is 0.588 bits per heavy atom. The van der Waals surface area contributed by atoms with Gasteiger partial charge in [0, 0.05) is 0 Å². The molecule has 0 heteroatoms. The topological polar surface area (TPSA) is 0 Å². The van der Waals surface area contributed by atoms with E-state index in [9.17, 15) is 0 Å². The van der Waals surface area contributed by atoms with Gasteiger partial charge < -0.3 is 0 Å². The van der Waals surface area contributed by atoms with Crippen LogP contribution in [0.2, 0.25) is 0 Å². The Kier molecular flexibility index (Phi) is 8.77. The molecule has 0 saturated heterocycles. The van der Waals surface area contributed by atoms with Gasteiger partial charge in [0.2, 0.25) is 0 Å². The molecule has 2 aromatic rings. The van der Waals surface area contributed by atoms with E-state index in [2.05, 4.69) is 55.5 Å². The van der Waals surface area contributed by atoms with Crippen LogP contribution < -0.4 is 0 Å². The first kappa shape index (κ1) is 15.4. The van der Waals surface area contributed by atoms with Crippen LogP contribution in [0.15, 0.2) is 54.6 Å². The number of aryl methyl sites for hydroxylation is 1. The van der Waals surface area contributed by atoms with E-state index in [-0.39, 0.29) is 0 Å². The molecule has 17 heavy (non-hydrogen) atoms. The first-order valence-electron chi connectivity index (χ1n) is 6.48. The quantitative estimate of drug-likeness (QED) is 0.586. The zero-order chi connectivity index (χ0) is 13.1. The van der Waals surface area contributed by atoms with Gasteiger partial charge in [-0.05, 0) is 18.1 Å². The van der Waals surface area contributed by atoms with Crippen molar-refractivity contribution >= 4 is 0 Å². The summed E-state index contributed by atoms with van der Waals surface area (Å²) in [5, 5.41) is 0. The van der Waals surface area contributed by atoms with E-state index in [4.69, 9.17) is 0 Å². The minimum atomic E-state index is 1.28. The van der Waals surface area contributed by atoms with Gasteiger partial charge in [0.05, 0.1) is 0 Å². The van der Waals surface area contributed by atoms with Gasteiger partial charge >= 0.3 is 0 Å². The van der Waals surface area contributed by atoms with Crippen LogP contribution >= 0.6 is 0 Å². The molecule has 0 unspecified atom stereocenters. The van der Waals surface area contributed by atoms with Crippen molar-refractivity contribution < 1.29 is 0 Å². The highest BCUT2D eigenvalue weighted by atomic mass is 14.0. The van der Waals surface area contributed by atoms with Crippen molar-refractivity contribution in [3.63, 3.8) is 0 Å². The summed E-state index contributed by atoms with van der Waals surface area (Å²) in [4.78, 5) is 0. The monoisotopic (exact) mass is 228 g/mol. The average molecular weight is 228 g/mol. The summed E-state index contributed by atoms with van der Waals surface area (Å²) >= 11 is 0. The normalized spacial score (nSPS) is 8.29. The van der Waals surface area contributed by atoms with Gasteiger partial charge in [0.15, 0.2) is 0 Å². The summed E-state index contributed by atoms with van der Waals surface area (Å²) in [6.07, 6.45) is 0. The third-order valence-corrected chi connectivity index (χ3v) is 2.13. The van der Waals surface area contributed by atoms with Crippen molar-refractivity contribution in [1.29, 1.82) is 0 Å². The van der Waals surface area contributed by atoms with E-state index < -0.39 is 0 Å². The maximum atomic E-state index is 2.20. The highest BCUT2D eigenvalue weighted by Gasteiger charge is 1.94. The second kappa shape index (κ2) is 9.65. The van der Waals surface area contributed by atoms with Gasteiger partial charge in [-0.25, -0.2) is 0 Å². The van der Waals surface area contributed by atoms with Gasteiger partial charge in [-0.15, -0.1) is 0 Å². The molecule has 0 aliphatic heterocycles. The summed E-state index contributed by atoms with van der Waals surface area (Å²) in [6, 6.07) is 19.0. The Balaban J connectivity index is 0.000000581. The van der Waals surface area contributed by atoms with E-state index in [1.54, 1.807) is 0 Å². The van der Waals surface area contributed by atoms with Gasteiger partial charge in [-0.3, -0.25) is 0 Å². The predicted octanol–water partition coefficient (Wildman–Crippen LogP) is 5.71. The Hall–Kier alpha value is -1.56. The maximum Gasteiger partial charge on any atom is -0.0181 e. The SMILES string of the molecule is CC.CC.Cc1cccc(-c2ccccc2)c1. The maximum absolute atomic E-state index is 2.20. The fourth-order valence-electron chi connectivity index (χ4n) is 1.46. The molecule has 2 rings (SSSR count). The lowest BCUT2D eigenvalue weighted by molar-refractivity contribution is 1.47. The average Bonchev–Trinajstić information content (AvgIpc) is 2.44. The lowest BCUT2D eigenvalue weighted by Gasteiger charge is -2.01. The minimum Gasteiger partial charge on any atom is -0.0683 e. The first-order chi connectivity index (χ1) is 8.36. The van der Waals surface area contributed by atoms with Crippen molar-refractivity contribution in [2.75, 3.05) is 0 Å². The molecule has 0 saturated carbocycles. The van der Waals surface area contributed by atoms with Crippen LogP contribution in [-0.4, -0.2) is 0 Å². The van der Waals surface area contributed by atoms with E-state index in [1.807, 2.05) is 33.8 Å². The van der Waals surface area contributed by atoms with Crippen molar-refractivity contribution in [3.8, 4) is 11.1 Å². The third-order valence-electron chi connectivity index (χ3n) is 2.13. The smallest absolute Gasteiger partial charge is 0.0181 e. The zero-order valence-electron chi connectivity index (χ0n) is 11.7. The molecule has 0 aliphatic rings. The molecule has 0 aliphatic carbocycles. The standard InChI is InChI=1S/C13H12.2C2H6/c1-11-6-5-9-13(10-11)12-7-3-2-4-8-12;2*1-2/h2-10H,1H3;2*1-2H3. The molecule has 0 atom stereocenters. The summed E-state index contributed by atoms with van der Waals surface area (Å²) in [5.41, 5.74) is 3.88. The van der Waals surface area contributed by atoms with Crippen LogP contribution in [0.4, 0.5) is 0 Å². The minimum absolute atomic E-state index is 1.28. The molecule has 0 nitrogen and oxygen atoms in total. The summed E-state index contributed by atoms with van der Waals surface area (Å²) in [5.74, 6) is 0. The van der Waals surface area contributed by atoms with Crippen LogP contribution in [-0.2, 0) is 0 Å². The van der Waals surface area contributed by atoms with Crippen LogP contribution in [0.5, 0.6) is 0 Å². The number of hydrogen-bond donors (Lipinski definition) is 0. The molecule has 0 N–H and O–H groups in total. The molecule has 0 amide bonds.